The second-order valence-corrected chi connectivity index (χ2v) is 7.26. The third-order valence-corrected chi connectivity index (χ3v) is 5.32. The molecule has 144 valence electrons. The van der Waals surface area contributed by atoms with Crippen LogP contribution in [-0.4, -0.2) is 32.0 Å². The molecule has 6 nitrogen and oxygen atoms in total. The number of fused-ring (bicyclic) bond motifs is 1. The fourth-order valence-electron chi connectivity index (χ4n) is 3.81. The number of carbonyl (C=O) groups is 1. The molecule has 28 heavy (non-hydrogen) atoms. The Morgan fingerprint density at radius 1 is 1.14 bits per heavy atom. The first-order chi connectivity index (χ1) is 13.6. The molecule has 4 rings (SSSR count). The van der Waals surface area contributed by atoms with E-state index in [0.717, 1.165) is 35.7 Å². The number of imidazole rings is 1. The lowest BCUT2D eigenvalue weighted by Crippen LogP contribution is -2.28. The van der Waals surface area contributed by atoms with Gasteiger partial charge in [-0.2, -0.15) is 0 Å². The van der Waals surface area contributed by atoms with Gasteiger partial charge in [0.15, 0.2) is 0 Å². The van der Waals surface area contributed by atoms with E-state index in [9.17, 15) is 4.79 Å². The summed E-state index contributed by atoms with van der Waals surface area (Å²) < 4.78 is 1.82. The average Bonchev–Trinajstić information content (AvgIpc) is 3.10. The lowest BCUT2D eigenvalue weighted by atomic mass is 9.95. The minimum Gasteiger partial charge on any atom is -0.350 e. The number of carbonyl (C=O) groups excluding carboxylic acids is 1. The van der Waals surface area contributed by atoms with E-state index < -0.39 is 0 Å². The normalized spacial score (nSPS) is 13.2. The van der Waals surface area contributed by atoms with Gasteiger partial charge in [-0.25, -0.2) is 15.0 Å². The van der Waals surface area contributed by atoms with Gasteiger partial charge in [0, 0.05) is 37.0 Å². The Hall–Kier alpha value is -3.02. The zero-order valence-corrected chi connectivity index (χ0v) is 16.4. The van der Waals surface area contributed by atoms with Crippen LogP contribution in [0.25, 0.3) is 11.4 Å². The van der Waals surface area contributed by atoms with Crippen LogP contribution in [0.15, 0.2) is 36.5 Å². The Morgan fingerprint density at radius 2 is 1.93 bits per heavy atom. The Bertz CT molecular complexity index is 994. The molecule has 1 aliphatic rings. The summed E-state index contributed by atoms with van der Waals surface area (Å²) in [4.78, 5) is 26.4. The van der Waals surface area contributed by atoms with Crippen molar-refractivity contribution < 1.29 is 4.79 Å². The van der Waals surface area contributed by atoms with Gasteiger partial charge >= 0.3 is 0 Å². The summed E-state index contributed by atoms with van der Waals surface area (Å²) in [5.41, 5.74) is 5.13. The van der Waals surface area contributed by atoms with Crippen molar-refractivity contribution >= 4 is 5.91 Å². The second kappa shape index (κ2) is 7.92. The van der Waals surface area contributed by atoms with Crippen molar-refractivity contribution in [1.82, 2.24) is 24.8 Å². The first-order valence-corrected chi connectivity index (χ1v) is 9.84. The van der Waals surface area contributed by atoms with Gasteiger partial charge in [-0.3, -0.25) is 4.79 Å². The Labute approximate surface area is 165 Å². The topological polar surface area (TPSA) is 72.7 Å². The zero-order chi connectivity index (χ0) is 19.5. The summed E-state index contributed by atoms with van der Waals surface area (Å²) in [6.07, 6.45) is 6.80. The van der Waals surface area contributed by atoms with Crippen molar-refractivity contribution in [2.24, 2.45) is 7.05 Å². The molecule has 0 spiro atoms. The number of aryl methyl sites for hydroxylation is 2. The monoisotopic (exact) mass is 375 g/mol. The van der Waals surface area contributed by atoms with Crippen LogP contribution in [0.2, 0.25) is 0 Å². The molecule has 6 heteroatoms. The predicted molar refractivity (Wildman–Crippen MR) is 108 cm³/mol. The summed E-state index contributed by atoms with van der Waals surface area (Å²) in [5.74, 6) is 1.46. The molecule has 0 bridgehead atoms. The molecule has 0 radical (unpaired) electrons. The van der Waals surface area contributed by atoms with Crippen molar-refractivity contribution in [1.29, 1.82) is 0 Å². The van der Waals surface area contributed by atoms with Crippen molar-refractivity contribution in [2.45, 2.75) is 39.0 Å². The molecule has 1 N–H and O–H groups in total. The third kappa shape index (κ3) is 3.67. The molecular weight excluding hydrogens is 350 g/mol. The fourth-order valence-corrected chi connectivity index (χ4v) is 3.81. The van der Waals surface area contributed by atoms with Crippen molar-refractivity contribution in [3.8, 4) is 11.4 Å². The van der Waals surface area contributed by atoms with E-state index in [4.69, 9.17) is 4.98 Å². The lowest BCUT2D eigenvalue weighted by molar-refractivity contribution is 0.0946. The first-order valence-electron chi connectivity index (χ1n) is 9.84. The maximum Gasteiger partial charge on any atom is 0.269 e. The standard InChI is InChI=1S/C22H25N5O/c1-15-17-10-6-7-11-18(17)26-20(25-15)12-13-23-22(28)19-14-24-21(27(19)2)16-8-4-3-5-9-16/h3-5,8-9,14H,6-7,10-13H2,1-2H3,(H,23,28). The van der Waals surface area contributed by atoms with E-state index in [1.54, 1.807) is 6.20 Å². The number of nitrogens with one attached hydrogen (secondary N) is 1. The Morgan fingerprint density at radius 3 is 2.75 bits per heavy atom. The van der Waals surface area contributed by atoms with Crippen molar-refractivity contribution in [3.63, 3.8) is 0 Å². The average molecular weight is 375 g/mol. The summed E-state index contributed by atoms with van der Waals surface area (Å²) in [7, 11) is 1.86. The molecule has 3 aromatic rings. The summed E-state index contributed by atoms with van der Waals surface area (Å²) in [6, 6.07) is 9.86. The van der Waals surface area contributed by atoms with Gasteiger partial charge in [0.05, 0.1) is 6.20 Å². The van der Waals surface area contributed by atoms with E-state index >= 15 is 0 Å². The molecule has 1 aliphatic carbocycles. The van der Waals surface area contributed by atoms with Gasteiger partial charge < -0.3 is 9.88 Å². The summed E-state index contributed by atoms with van der Waals surface area (Å²) in [5, 5.41) is 2.97. The maximum absolute atomic E-state index is 12.6. The molecule has 0 saturated heterocycles. The van der Waals surface area contributed by atoms with Crippen LogP contribution >= 0.6 is 0 Å². The number of aromatic nitrogens is 4. The molecule has 0 atom stereocenters. The molecule has 0 saturated carbocycles. The largest absolute Gasteiger partial charge is 0.350 e. The van der Waals surface area contributed by atoms with Crippen molar-refractivity contribution in [2.75, 3.05) is 6.54 Å². The quantitative estimate of drug-likeness (QED) is 0.744. The van der Waals surface area contributed by atoms with Gasteiger partial charge in [0.2, 0.25) is 0 Å². The summed E-state index contributed by atoms with van der Waals surface area (Å²) >= 11 is 0. The Balaban J connectivity index is 1.40. The highest BCUT2D eigenvalue weighted by Gasteiger charge is 2.17. The molecule has 1 aromatic carbocycles. The number of benzene rings is 1. The number of nitrogens with zero attached hydrogens (tertiary/aromatic N) is 4. The zero-order valence-electron chi connectivity index (χ0n) is 16.4. The minimum absolute atomic E-state index is 0.133. The van der Waals surface area contributed by atoms with E-state index in [0.29, 0.717) is 18.7 Å². The van der Waals surface area contributed by atoms with Crippen LogP contribution in [0.4, 0.5) is 0 Å². The number of hydrogen-bond donors (Lipinski definition) is 1. The van der Waals surface area contributed by atoms with Gasteiger partial charge in [-0.15, -0.1) is 0 Å². The van der Waals surface area contributed by atoms with Crippen LogP contribution in [0.5, 0.6) is 0 Å². The molecular formula is C22H25N5O. The molecule has 2 aromatic heterocycles. The van der Waals surface area contributed by atoms with Crippen LogP contribution in [0.1, 0.15) is 46.1 Å². The van der Waals surface area contributed by atoms with E-state index in [-0.39, 0.29) is 5.91 Å². The number of rotatable bonds is 5. The van der Waals surface area contributed by atoms with Crippen LogP contribution in [-0.2, 0) is 26.3 Å². The van der Waals surface area contributed by atoms with Gasteiger partial charge in [0.1, 0.15) is 17.3 Å². The Kier molecular flexibility index (Phi) is 5.19. The van der Waals surface area contributed by atoms with Gasteiger partial charge in [-0.05, 0) is 38.2 Å². The van der Waals surface area contributed by atoms with E-state index in [2.05, 4.69) is 22.2 Å². The molecule has 0 unspecified atom stereocenters. The molecule has 0 aliphatic heterocycles. The maximum atomic E-state index is 12.6. The number of hydrogen-bond acceptors (Lipinski definition) is 4. The molecule has 0 fully saturated rings. The lowest BCUT2D eigenvalue weighted by Gasteiger charge is -2.17. The molecule has 2 heterocycles. The van der Waals surface area contributed by atoms with E-state index in [1.807, 2.05) is 41.9 Å². The first kappa shape index (κ1) is 18.3. The highest BCUT2D eigenvalue weighted by atomic mass is 16.1. The smallest absolute Gasteiger partial charge is 0.269 e. The minimum atomic E-state index is -0.133. The van der Waals surface area contributed by atoms with Crippen LogP contribution in [0, 0.1) is 6.92 Å². The van der Waals surface area contributed by atoms with Crippen molar-refractivity contribution in [3.05, 3.63) is 65.0 Å². The highest BCUT2D eigenvalue weighted by Crippen LogP contribution is 2.22. The fraction of sp³-hybridized carbons (Fsp3) is 0.364. The number of amides is 1. The van der Waals surface area contributed by atoms with E-state index in [1.165, 1.54) is 24.1 Å². The van der Waals surface area contributed by atoms with Crippen LogP contribution < -0.4 is 5.32 Å². The van der Waals surface area contributed by atoms with Gasteiger partial charge in [-0.1, -0.05) is 30.3 Å². The van der Waals surface area contributed by atoms with Gasteiger partial charge in [0.25, 0.3) is 5.91 Å². The SMILES string of the molecule is Cc1nc(CCNC(=O)c2cnc(-c3ccccc3)n2C)nc2c1CCCC2. The summed E-state index contributed by atoms with van der Waals surface area (Å²) in [6.45, 7) is 2.57. The highest BCUT2D eigenvalue weighted by molar-refractivity contribution is 5.93. The molecule has 1 amide bonds. The second-order valence-electron chi connectivity index (χ2n) is 7.26. The predicted octanol–water partition coefficient (Wildman–Crippen LogP) is 3.04. The van der Waals surface area contributed by atoms with Crippen LogP contribution in [0.3, 0.4) is 0 Å². The third-order valence-electron chi connectivity index (χ3n) is 5.32.